The summed E-state index contributed by atoms with van der Waals surface area (Å²) < 4.78 is 15.4. The third-order valence-corrected chi connectivity index (χ3v) is 16.5. The van der Waals surface area contributed by atoms with Gasteiger partial charge in [0.15, 0.2) is 46.4 Å². The Labute approximate surface area is 463 Å². The van der Waals surface area contributed by atoms with Crippen LogP contribution in [0.5, 0.6) is 0 Å². The van der Waals surface area contributed by atoms with E-state index >= 15 is 0 Å². The predicted octanol–water partition coefficient (Wildman–Crippen LogP) is 5.80. The van der Waals surface area contributed by atoms with Crippen LogP contribution in [0.2, 0.25) is 0 Å². The lowest BCUT2D eigenvalue weighted by molar-refractivity contribution is -0.120. The number of carbonyl (C=O) groups is 1. The van der Waals surface area contributed by atoms with E-state index in [1.807, 2.05) is 79.7 Å². The monoisotopic (exact) mass is 1080 g/mol. The Bertz CT molecular complexity index is 3080. The zero-order chi connectivity index (χ0) is 54.9. The van der Waals surface area contributed by atoms with Crippen LogP contribution in [-0.2, 0) is 14.3 Å². The Kier molecular flexibility index (Phi) is 15.5. The normalized spacial score (nSPS) is 25.0. The van der Waals surface area contributed by atoms with Gasteiger partial charge in [-0.15, -0.1) is 0 Å². The number of nitrogens with zero attached hydrogens (tertiary/aromatic N) is 10. The Morgan fingerprint density at radius 2 is 0.950 bits per heavy atom. The SMILES string of the molecule is CC[C@H]1O[C@@H](n2cnc3c(NCC(c4ccccc4)c4ccccc4)nc(N4CC[C@@H](CC(=O)C[C@@H]5CCN(c6nc(NCC(c7ccccc7)c7ccccc7)c7ncn([C@@H]8O[C@H](CO)[C@@H](O)[C@H]8O)c7n6)C5)C4)nc32)[C@H](O)[C@@H]1O. The van der Waals surface area contributed by atoms with Gasteiger partial charge in [-0.3, -0.25) is 13.9 Å². The molecule has 8 aromatic rings. The zero-order valence-corrected chi connectivity index (χ0v) is 44.5. The van der Waals surface area contributed by atoms with E-state index < -0.39 is 55.7 Å². The van der Waals surface area contributed by atoms with Crippen LogP contribution in [0.3, 0.4) is 0 Å². The largest absolute Gasteiger partial charge is 0.394 e. The fraction of sp³-hybridized carbons (Fsp3) is 0.417. The average Bonchev–Trinajstić information content (AvgIpc) is 4.41. The van der Waals surface area contributed by atoms with Gasteiger partial charge in [-0.1, -0.05) is 128 Å². The molecule has 20 heteroatoms. The maximum Gasteiger partial charge on any atom is 0.229 e. The van der Waals surface area contributed by atoms with E-state index in [9.17, 15) is 30.3 Å². The van der Waals surface area contributed by atoms with Gasteiger partial charge in [0.05, 0.1) is 25.4 Å². The molecule has 416 valence electrons. The summed E-state index contributed by atoms with van der Waals surface area (Å²) in [5, 5.41) is 61.1. The van der Waals surface area contributed by atoms with Crippen LogP contribution in [0.1, 0.15) is 85.6 Å². The molecular formula is C60H68N12O8. The number of ether oxygens (including phenoxy) is 2. The lowest BCUT2D eigenvalue weighted by atomic mass is 9.91. The van der Waals surface area contributed by atoms with Crippen molar-refractivity contribution in [2.24, 2.45) is 11.8 Å². The summed E-state index contributed by atoms with van der Waals surface area (Å²) in [5.41, 5.74) is 6.36. The summed E-state index contributed by atoms with van der Waals surface area (Å²) in [7, 11) is 0. The van der Waals surface area contributed by atoms with Crippen molar-refractivity contribution in [2.45, 2.75) is 99.9 Å². The highest BCUT2D eigenvalue weighted by Crippen LogP contribution is 2.38. The van der Waals surface area contributed by atoms with Gasteiger partial charge in [0.25, 0.3) is 0 Å². The van der Waals surface area contributed by atoms with Crippen molar-refractivity contribution in [1.82, 2.24) is 39.0 Å². The quantitative estimate of drug-likeness (QED) is 0.0476. The van der Waals surface area contributed by atoms with Gasteiger partial charge in [-0.05, 0) is 53.4 Å². The summed E-state index contributed by atoms with van der Waals surface area (Å²) in [6.07, 6.45) is -2.46. The van der Waals surface area contributed by atoms with Gasteiger partial charge < -0.3 is 55.4 Å². The number of carbonyl (C=O) groups excluding carboxylic acids is 1. The van der Waals surface area contributed by atoms with Crippen LogP contribution < -0.4 is 20.4 Å². The fourth-order valence-electron chi connectivity index (χ4n) is 12.2. The number of hydrogen-bond acceptors (Lipinski definition) is 18. The Hall–Kier alpha value is -7.43. The molecule has 0 unspecified atom stereocenters. The number of aliphatic hydroxyl groups excluding tert-OH is 5. The number of rotatable bonds is 20. The molecule has 80 heavy (non-hydrogen) atoms. The first-order valence-electron chi connectivity index (χ1n) is 27.9. The molecule has 0 bridgehead atoms. The highest BCUT2D eigenvalue weighted by atomic mass is 16.6. The number of hydrogen-bond donors (Lipinski definition) is 7. The standard InChI is InChI=1S/C60H68N12O8/c1-2-45-49(75)51(77)57(79-45)71-34-63-47-53(61-29-43(38-15-7-3-8-16-38)39-17-9-4-10-18-39)65-59(67-55(47)71)69-25-23-36(31-69)27-42(74)28-37-24-26-70(32-37)60-66-54(62-30-44(40-19-11-5-12-20-40)41-21-13-6-14-22-41)48-56(68-60)72(35-64-48)58-52(78)50(76)46(33-73)80-58/h3-22,34-37,43-46,49-52,57-58,73,75-78H,2,23-33H2,1H3,(H,61,65,67)(H,62,66,68)/t36-,37-,45+,46+,49+,50+,51+,52+,57+,58+/m0/s1. The first-order valence-corrected chi connectivity index (χ1v) is 27.9. The van der Waals surface area contributed by atoms with Crippen molar-refractivity contribution in [3.63, 3.8) is 0 Å². The summed E-state index contributed by atoms with van der Waals surface area (Å²) in [6.45, 7) is 4.79. The summed E-state index contributed by atoms with van der Waals surface area (Å²) in [4.78, 5) is 48.1. The molecule has 4 saturated heterocycles. The lowest BCUT2D eigenvalue weighted by Gasteiger charge is -2.22. The van der Waals surface area contributed by atoms with Crippen LogP contribution >= 0.6 is 0 Å². The van der Waals surface area contributed by atoms with E-state index in [2.05, 4.69) is 69.0 Å². The van der Waals surface area contributed by atoms with Crippen molar-refractivity contribution < 1.29 is 39.8 Å². The first-order chi connectivity index (χ1) is 39.1. The highest BCUT2D eigenvalue weighted by molar-refractivity contribution is 5.86. The molecule has 20 nitrogen and oxygen atoms in total. The van der Waals surface area contributed by atoms with Crippen LogP contribution in [0.25, 0.3) is 22.3 Å². The molecule has 4 aromatic carbocycles. The molecule has 12 rings (SSSR count). The molecule has 0 radical (unpaired) electrons. The molecule has 0 saturated carbocycles. The van der Waals surface area contributed by atoms with Gasteiger partial charge in [0.2, 0.25) is 11.9 Å². The average molecular weight is 1090 g/mol. The van der Waals surface area contributed by atoms with E-state index in [-0.39, 0.29) is 29.5 Å². The van der Waals surface area contributed by atoms with Gasteiger partial charge in [0, 0.05) is 63.9 Å². The molecule has 10 atom stereocenters. The van der Waals surface area contributed by atoms with Gasteiger partial charge >= 0.3 is 0 Å². The number of Topliss-reactive ketones (excluding diaryl/α,β-unsaturated/α-hetero) is 1. The van der Waals surface area contributed by atoms with E-state index in [1.165, 1.54) is 6.33 Å². The van der Waals surface area contributed by atoms with Crippen molar-refractivity contribution in [3.05, 3.63) is 156 Å². The Morgan fingerprint density at radius 1 is 0.562 bits per heavy atom. The van der Waals surface area contributed by atoms with Crippen LogP contribution in [0.4, 0.5) is 23.5 Å². The molecule has 0 amide bonds. The topological polar surface area (TPSA) is 254 Å². The minimum atomic E-state index is -1.34. The Balaban J connectivity index is 0.758. The summed E-state index contributed by atoms with van der Waals surface area (Å²) in [5.74, 6) is 2.18. The van der Waals surface area contributed by atoms with Crippen molar-refractivity contribution in [1.29, 1.82) is 0 Å². The predicted molar refractivity (Wildman–Crippen MR) is 301 cm³/mol. The van der Waals surface area contributed by atoms with Gasteiger partial charge in [-0.2, -0.15) is 19.9 Å². The lowest BCUT2D eigenvalue weighted by Crippen LogP contribution is -2.33. The second-order valence-corrected chi connectivity index (χ2v) is 21.7. The maximum absolute atomic E-state index is 14.1. The van der Waals surface area contributed by atoms with Crippen LogP contribution in [0, 0.1) is 11.8 Å². The van der Waals surface area contributed by atoms with Gasteiger partial charge in [0.1, 0.15) is 36.3 Å². The van der Waals surface area contributed by atoms with E-state index in [0.29, 0.717) is 104 Å². The fourth-order valence-corrected chi connectivity index (χ4v) is 12.2. The van der Waals surface area contributed by atoms with Crippen LogP contribution in [0.15, 0.2) is 134 Å². The molecule has 7 N–H and O–H groups in total. The minimum Gasteiger partial charge on any atom is -0.394 e. The van der Waals surface area contributed by atoms with Crippen molar-refractivity contribution >= 4 is 51.6 Å². The van der Waals surface area contributed by atoms with E-state index in [1.54, 1.807) is 15.5 Å². The second-order valence-electron chi connectivity index (χ2n) is 21.7. The summed E-state index contributed by atoms with van der Waals surface area (Å²) in [6, 6.07) is 41.2. The van der Waals surface area contributed by atoms with Gasteiger partial charge in [-0.25, -0.2) is 9.97 Å². The number of benzene rings is 4. The summed E-state index contributed by atoms with van der Waals surface area (Å²) >= 11 is 0. The Morgan fingerprint density at radius 3 is 1.31 bits per heavy atom. The molecule has 4 aromatic heterocycles. The van der Waals surface area contributed by atoms with E-state index in [4.69, 9.17) is 39.4 Å². The molecule has 4 aliphatic heterocycles. The number of aliphatic hydroxyl groups is 5. The molecule has 4 fully saturated rings. The minimum absolute atomic E-state index is 0.00912. The number of fused-ring (bicyclic) bond motifs is 2. The second kappa shape index (κ2) is 23.3. The number of imidazole rings is 2. The number of anilines is 4. The van der Waals surface area contributed by atoms with Crippen molar-refractivity contribution in [3.8, 4) is 0 Å². The highest BCUT2D eigenvalue weighted by Gasteiger charge is 2.45. The zero-order valence-electron chi connectivity index (χ0n) is 44.5. The smallest absolute Gasteiger partial charge is 0.229 e. The van der Waals surface area contributed by atoms with Crippen molar-refractivity contribution in [2.75, 3.05) is 66.3 Å². The van der Waals surface area contributed by atoms with E-state index in [0.717, 1.165) is 35.1 Å². The number of aromatic nitrogens is 8. The first kappa shape index (κ1) is 53.2. The molecule has 4 aliphatic rings. The third kappa shape index (κ3) is 10.7. The third-order valence-electron chi connectivity index (χ3n) is 16.5. The molecule has 0 spiro atoms. The molecule has 8 heterocycles. The molecule has 0 aliphatic carbocycles. The maximum atomic E-state index is 14.1. The number of nitrogens with one attached hydrogen (secondary N) is 2. The van der Waals surface area contributed by atoms with Crippen LogP contribution in [-0.4, -0.2) is 153 Å². The number of ketones is 1. The molecular weight excluding hydrogens is 1020 g/mol.